The number of anilines is 2. The van der Waals surface area contributed by atoms with E-state index in [9.17, 15) is 13.8 Å². The van der Waals surface area contributed by atoms with Crippen molar-refractivity contribution in [2.75, 3.05) is 16.8 Å². The van der Waals surface area contributed by atoms with Gasteiger partial charge in [-0.3, -0.25) is 13.8 Å². The summed E-state index contributed by atoms with van der Waals surface area (Å²) in [5.41, 5.74) is 4.02. The maximum absolute atomic E-state index is 12.8. The molecule has 5 nitrogen and oxygen atoms in total. The Morgan fingerprint density at radius 3 is 2.58 bits per heavy atom. The summed E-state index contributed by atoms with van der Waals surface area (Å²) >= 11 is 0. The minimum Gasteiger partial charge on any atom is -0.322 e. The van der Waals surface area contributed by atoms with Crippen LogP contribution in [0.3, 0.4) is 0 Å². The topological polar surface area (TPSA) is 66.5 Å². The molecule has 0 radical (unpaired) electrons. The fourth-order valence-electron chi connectivity index (χ4n) is 3.74. The van der Waals surface area contributed by atoms with E-state index >= 15 is 0 Å². The van der Waals surface area contributed by atoms with Gasteiger partial charge in [-0.25, -0.2) is 0 Å². The highest BCUT2D eigenvalue weighted by Gasteiger charge is 2.24. The lowest BCUT2D eigenvalue weighted by Crippen LogP contribution is -2.27. The van der Waals surface area contributed by atoms with Crippen LogP contribution in [0.4, 0.5) is 11.4 Å². The average molecular weight is 433 g/mol. The van der Waals surface area contributed by atoms with Gasteiger partial charge in [0.1, 0.15) is 0 Å². The first-order valence-corrected chi connectivity index (χ1v) is 11.6. The quantitative estimate of drug-likeness (QED) is 0.622. The van der Waals surface area contributed by atoms with Gasteiger partial charge in [0.25, 0.3) is 5.91 Å². The van der Waals surface area contributed by atoms with Crippen molar-refractivity contribution in [3.8, 4) is 0 Å². The maximum Gasteiger partial charge on any atom is 0.255 e. The lowest BCUT2D eigenvalue weighted by Gasteiger charge is -2.16. The van der Waals surface area contributed by atoms with Crippen LogP contribution in [0.15, 0.2) is 77.7 Å². The van der Waals surface area contributed by atoms with Crippen molar-refractivity contribution in [3.05, 3.63) is 89.5 Å². The molecule has 1 atom stereocenters. The molecule has 0 saturated carbocycles. The highest BCUT2D eigenvalue weighted by Crippen LogP contribution is 2.29. The standard InChI is InChI=1S/C25H24N2O3S/c1-2-24(28)27-14-13-19-16-20(11-12-23(19)27)25(29)26-21-8-6-7-18(15-21)17-31(30)22-9-4-3-5-10-22/h3-12,15-16H,2,13-14,17H2,1H3,(H,26,29). The fraction of sp³-hybridized carbons (Fsp3) is 0.200. The number of rotatable bonds is 6. The highest BCUT2D eigenvalue weighted by molar-refractivity contribution is 7.84. The second-order valence-corrected chi connectivity index (χ2v) is 8.90. The van der Waals surface area contributed by atoms with E-state index in [1.54, 1.807) is 11.0 Å². The van der Waals surface area contributed by atoms with Crippen LogP contribution in [0, 0.1) is 0 Å². The van der Waals surface area contributed by atoms with Crippen LogP contribution in [0.1, 0.15) is 34.8 Å². The summed E-state index contributed by atoms with van der Waals surface area (Å²) in [6, 6.07) is 22.3. The van der Waals surface area contributed by atoms with Gasteiger partial charge in [0, 0.05) is 34.8 Å². The Hall–Kier alpha value is -3.25. The number of benzene rings is 3. The molecule has 0 saturated heterocycles. The zero-order valence-corrected chi connectivity index (χ0v) is 18.2. The fourth-order valence-corrected chi connectivity index (χ4v) is 4.85. The van der Waals surface area contributed by atoms with Crippen molar-refractivity contribution in [2.24, 2.45) is 0 Å². The summed E-state index contributed by atoms with van der Waals surface area (Å²) in [5, 5.41) is 2.93. The van der Waals surface area contributed by atoms with Crippen LogP contribution < -0.4 is 10.2 Å². The van der Waals surface area contributed by atoms with Crippen LogP contribution in [0.25, 0.3) is 0 Å². The molecule has 0 spiro atoms. The monoisotopic (exact) mass is 432 g/mol. The largest absolute Gasteiger partial charge is 0.322 e. The predicted octanol–water partition coefficient (Wildman–Crippen LogP) is 4.55. The average Bonchev–Trinajstić information content (AvgIpc) is 3.22. The van der Waals surface area contributed by atoms with Gasteiger partial charge in [0.15, 0.2) is 0 Å². The third kappa shape index (κ3) is 4.75. The van der Waals surface area contributed by atoms with Crippen LogP contribution in [-0.2, 0) is 27.8 Å². The first-order valence-electron chi connectivity index (χ1n) is 10.3. The van der Waals surface area contributed by atoms with Gasteiger partial charge in [0.05, 0.1) is 16.6 Å². The van der Waals surface area contributed by atoms with E-state index in [2.05, 4.69) is 5.32 Å². The zero-order chi connectivity index (χ0) is 21.8. The third-order valence-electron chi connectivity index (χ3n) is 5.33. The first-order chi connectivity index (χ1) is 15.0. The molecule has 1 aliphatic rings. The van der Waals surface area contributed by atoms with Gasteiger partial charge in [-0.05, 0) is 60.0 Å². The minimum atomic E-state index is -1.14. The molecule has 1 aliphatic heterocycles. The minimum absolute atomic E-state index is 0.0978. The van der Waals surface area contributed by atoms with Gasteiger partial charge in [-0.1, -0.05) is 37.3 Å². The Morgan fingerprint density at radius 2 is 1.81 bits per heavy atom. The highest BCUT2D eigenvalue weighted by atomic mass is 32.2. The molecule has 1 N–H and O–H groups in total. The third-order valence-corrected chi connectivity index (χ3v) is 6.72. The van der Waals surface area contributed by atoms with E-state index in [-0.39, 0.29) is 11.8 Å². The van der Waals surface area contributed by atoms with Crippen molar-refractivity contribution in [2.45, 2.75) is 30.4 Å². The Balaban J connectivity index is 1.45. The molecule has 3 aromatic rings. The van der Waals surface area contributed by atoms with Gasteiger partial charge >= 0.3 is 0 Å². The summed E-state index contributed by atoms with van der Waals surface area (Å²) in [6.45, 7) is 2.51. The number of hydrogen-bond donors (Lipinski definition) is 1. The Bertz CT molecular complexity index is 1140. The van der Waals surface area contributed by atoms with Crippen LogP contribution in [0.5, 0.6) is 0 Å². The lowest BCUT2D eigenvalue weighted by molar-refractivity contribution is -0.118. The molecule has 0 fully saturated rings. The summed E-state index contributed by atoms with van der Waals surface area (Å²) in [7, 11) is -1.14. The number of carbonyl (C=O) groups is 2. The molecular weight excluding hydrogens is 408 g/mol. The van der Waals surface area contributed by atoms with Crippen LogP contribution in [0.2, 0.25) is 0 Å². The van der Waals surface area contributed by atoms with Crippen LogP contribution in [-0.4, -0.2) is 22.6 Å². The van der Waals surface area contributed by atoms with Crippen molar-refractivity contribution in [1.82, 2.24) is 0 Å². The van der Waals surface area contributed by atoms with Gasteiger partial charge in [-0.2, -0.15) is 0 Å². The summed E-state index contributed by atoms with van der Waals surface area (Å²) in [5.74, 6) is 0.276. The molecule has 2 amide bonds. The van der Waals surface area contributed by atoms with Crippen molar-refractivity contribution in [1.29, 1.82) is 0 Å². The molecule has 0 aromatic heterocycles. The number of carbonyl (C=O) groups excluding carboxylic acids is 2. The number of amides is 2. The van der Waals surface area contributed by atoms with Gasteiger partial charge in [0.2, 0.25) is 5.91 Å². The Labute approximate surface area is 184 Å². The predicted molar refractivity (Wildman–Crippen MR) is 124 cm³/mol. The first kappa shape index (κ1) is 21.0. The van der Waals surface area contributed by atoms with E-state index in [0.717, 1.165) is 28.1 Å². The van der Waals surface area contributed by atoms with Crippen molar-refractivity contribution < 1.29 is 13.8 Å². The second kappa shape index (κ2) is 9.27. The Kier molecular flexibility index (Phi) is 6.28. The maximum atomic E-state index is 12.8. The second-order valence-electron chi connectivity index (χ2n) is 7.45. The molecule has 0 bridgehead atoms. The Morgan fingerprint density at radius 1 is 1.00 bits per heavy atom. The number of nitrogens with one attached hydrogen (secondary N) is 1. The van der Waals surface area contributed by atoms with Gasteiger partial charge < -0.3 is 10.2 Å². The zero-order valence-electron chi connectivity index (χ0n) is 17.3. The molecule has 31 heavy (non-hydrogen) atoms. The molecule has 1 unspecified atom stereocenters. The van der Waals surface area contributed by atoms with Crippen molar-refractivity contribution in [3.63, 3.8) is 0 Å². The van der Waals surface area contributed by atoms with Gasteiger partial charge in [-0.15, -0.1) is 0 Å². The van der Waals surface area contributed by atoms with E-state index < -0.39 is 10.8 Å². The summed E-state index contributed by atoms with van der Waals surface area (Å²) < 4.78 is 12.6. The molecule has 4 rings (SSSR count). The number of hydrogen-bond acceptors (Lipinski definition) is 3. The number of nitrogens with zero attached hydrogens (tertiary/aromatic N) is 1. The number of fused-ring (bicyclic) bond motifs is 1. The summed E-state index contributed by atoms with van der Waals surface area (Å²) in [4.78, 5) is 27.4. The molecule has 3 aromatic carbocycles. The van der Waals surface area contributed by atoms with Crippen LogP contribution >= 0.6 is 0 Å². The molecule has 158 valence electrons. The van der Waals surface area contributed by atoms with E-state index in [1.807, 2.05) is 73.7 Å². The molecule has 1 heterocycles. The SMILES string of the molecule is CCC(=O)N1CCc2cc(C(=O)Nc3cccc(CS(=O)c4ccccc4)c3)ccc21. The smallest absolute Gasteiger partial charge is 0.255 e. The normalized spacial score (nSPS) is 13.5. The molecular formula is C25H24N2O3S. The van der Waals surface area contributed by atoms with Crippen molar-refractivity contribution >= 4 is 34.0 Å². The van der Waals surface area contributed by atoms with E-state index in [0.29, 0.717) is 30.0 Å². The van der Waals surface area contributed by atoms with E-state index in [4.69, 9.17) is 0 Å². The summed E-state index contributed by atoms with van der Waals surface area (Å²) in [6.07, 6.45) is 1.22. The van der Waals surface area contributed by atoms with E-state index in [1.165, 1.54) is 0 Å². The molecule has 6 heteroatoms. The molecule has 0 aliphatic carbocycles. The lowest BCUT2D eigenvalue weighted by atomic mass is 10.1.